The maximum absolute atomic E-state index is 12.5. The van der Waals surface area contributed by atoms with E-state index in [1.807, 2.05) is 13.0 Å². The van der Waals surface area contributed by atoms with E-state index in [9.17, 15) is 29.7 Å². The van der Waals surface area contributed by atoms with E-state index in [4.69, 9.17) is 0 Å². The highest BCUT2D eigenvalue weighted by atomic mass is 16.4. The van der Waals surface area contributed by atoms with Crippen molar-refractivity contribution in [1.82, 2.24) is 0 Å². The Hall–Kier alpha value is -2.05. The first-order valence-electron chi connectivity index (χ1n) is 9.77. The molecule has 6 nitrogen and oxygen atoms in total. The third kappa shape index (κ3) is 2.13. The van der Waals surface area contributed by atoms with Gasteiger partial charge in [-0.2, -0.15) is 0 Å². The van der Waals surface area contributed by atoms with Crippen LogP contribution in [0.15, 0.2) is 36.0 Å². The van der Waals surface area contributed by atoms with Crippen molar-refractivity contribution in [1.29, 1.82) is 0 Å². The normalized spacial score (nSPS) is 47.1. The Labute approximate surface area is 163 Å². The molecule has 7 atom stereocenters. The Balaban J connectivity index is 1.80. The number of rotatable bonds is 2. The van der Waals surface area contributed by atoms with Crippen LogP contribution in [0.5, 0.6) is 0 Å². The number of aliphatic carboxylic acids is 1. The fourth-order valence-corrected chi connectivity index (χ4v) is 6.86. The molecule has 0 aromatic heterocycles. The van der Waals surface area contributed by atoms with Gasteiger partial charge in [-0.1, -0.05) is 32.1 Å². The van der Waals surface area contributed by atoms with Gasteiger partial charge in [0.05, 0.1) is 6.10 Å². The van der Waals surface area contributed by atoms with Crippen molar-refractivity contribution in [2.75, 3.05) is 0 Å². The molecule has 0 aliphatic heterocycles. The fourth-order valence-electron chi connectivity index (χ4n) is 6.86. The van der Waals surface area contributed by atoms with Gasteiger partial charge in [-0.3, -0.25) is 9.59 Å². The number of hydrogen-bond acceptors (Lipinski definition) is 5. The van der Waals surface area contributed by atoms with Crippen molar-refractivity contribution in [3.05, 3.63) is 36.0 Å². The monoisotopic (exact) mass is 386 g/mol. The Kier molecular flexibility index (Phi) is 3.95. The number of allylic oxidation sites excluding steroid dienone is 4. The molecule has 0 amide bonds. The van der Waals surface area contributed by atoms with Crippen LogP contribution in [-0.4, -0.2) is 44.6 Å². The highest BCUT2D eigenvalue weighted by molar-refractivity contribution is 6.37. The van der Waals surface area contributed by atoms with Crippen molar-refractivity contribution in [3.8, 4) is 0 Å². The molecule has 4 aliphatic rings. The maximum atomic E-state index is 12.5. The molecule has 0 spiro atoms. The fraction of sp³-hybridized carbons (Fsp3) is 0.591. The molecule has 3 saturated carbocycles. The van der Waals surface area contributed by atoms with E-state index in [1.165, 1.54) is 0 Å². The second-order valence-electron chi connectivity index (χ2n) is 9.36. The molecule has 0 saturated heterocycles. The Morgan fingerprint density at radius 3 is 2.61 bits per heavy atom. The predicted octanol–water partition coefficient (Wildman–Crippen LogP) is 1.82. The molecule has 150 valence electrons. The molecule has 0 bridgehead atoms. The highest BCUT2D eigenvalue weighted by Gasteiger charge is 2.70. The molecule has 3 N–H and O–H groups in total. The summed E-state index contributed by atoms with van der Waals surface area (Å²) in [6.07, 6.45) is 6.14. The summed E-state index contributed by atoms with van der Waals surface area (Å²) in [4.78, 5) is 35.7. The van der Waals surface area contributed by atoms with Gasteiger partial charge in [-0.25, -0.2) is 4.79 Å². The number of aliphatic hydroxyl groups is 2. The van der Waals surface area contributed by atoms with Crippen LogP contribution < -0.4 is 0 Å². The smallest absolute Gasteiger partial charge is 0.375 e. The lowest BCUT2D eigenvalue weighted by Crippen LogP contribution is -2.62. The topological polar surface area (TPSA) is 112 Å². The molecule has 0 aromatic rings. The minimum atomic E-state index is -2.18. The van der Waals surface area contributed by atoms with Gasteiger partial charge in [-0.05, 0) is 55.2 Å². The zero-order valence-corrected chi connectivity index (χ0v) is 16.1. The number of ketones is 2. The molecule has 0 unspecified atom stereocenters. The summed E-state index contributed by atoms with van der Waals surface area (Å²) in [7, 11) is 0. The minimum Gasteiger partial charge on any atom is -0.475 e. The van der Waals surface area contributed by atoms with Gasteiger partial charge >= 0.3 is 5.97 Å². The molecule has 4 aliphatic carbocycles. The number of carbonyl (C=O) groups excluding carboxylic acids is 2. The number of hydrogen-bond donors (Lipinski definition) is 3. The summed E-state index contributed by atoms with van der Waals surface area (Å²) in [6.45, 7) is 7.61. The summed E-state index contributed by atoms with van der Waals surface area (Å²) in [5.74, 6) is -3.33. The molecule has 6 heteroatoms. The van der Waals surface area contributed by atoms with Gasteiger partial charge in [0.1, 0.15) is 0 Å². The van der Waals surface area contributed by atoms with Crippen LogP contribution in [0.2, 0.25) is 0 Å². The molecule has 4 rings (SSSR count). The summed E-state index contributed by atoms with van der Waals surface area (Å²) < 4.78 is 0. The molecule has 0 heterocycles. The van der Waals surface area contributed by atoms with E-state index in [-0.39, 0.29) is 35.5 Å². The predicted molar refractivity (Wildman–Crippen MR) is 100 cm³/mol. The standard InChI is InChI=1S/C22H26O6/c1-11-8-15-14-5-4-12-9-13(23)6-7-20(12,2)17(14)16(24)10-21(15,3)22(11,28)18(25)19(26)27/h6-7,9,14-17,24,28H,1,4-5,8,10H2,2-3H3,(H,26,27)/t14-,15-,16-,17+,20-,21-,22-/m0/s1. The number of carbonyl (C=O) groups is 3. The highest BCUT2D eigenvalue weighted by Crippen LogP contribution is 2.68. The largest absolute Gasteiger partial charge is 0.475 e. The van der Waals surface area contributed by atoms with E-state index in [2.05, 4.69) is 6.58 Å². The number of fused-ring (bicyclic) bond motifs is 5. The van der Waals surface area contributed by atoms with Crippen LogP contribution in [-0.2, 0) is 14.4 Å². The van der Waals surface area contributed by atoms with E-state index in [0.29, 0.717) is 12.8 Å². The summed E-state index contributed by atoms with van der Waals surface area (Å²) in [5.41, 5.74) is -2.49. The average molecular weight is 386 g/mol. The van der Waals surface area contributed by atoms with Crippen molar-refractivity contribution < 1.29 is 29.7 Å². The Morgan fingerprint density at radius 1 is 1.29 bits per heavy atom. The molecular weight excluding hydrogens is 360 g/mol. The van der Waals surface area contributed by atoms with Crippen molar-refractivity contribution in [3.63, 3.8) is 0 Å². The second kappa shape index (κ2) is 5.74. The van der Waals surface area contributed by atoms with Gasteiger partial charge in [0.15, 0.2) is 11.4 Å². The van der Waals surface area contributed by atoms with Crippen LogP contribution in [0.3, 0.4) is 0 Å². The average Bonchev–Trinajstić information content (AvgIpc) is 2.82. The third-order valence-corrected chi connectivity index (χ3v) is 8.21. The first kappa shape index (κ1) is 19.3. The SMILES string of the molecule is C=C1C[C@H]2[C@@H]3CCC4=CC(=O)C=C[C@]4(C)[C@H]3[C@@H](O)C[C@]2(C)[C@@]1(O)C(=O)C(=O)O. The van der Waals surface area contributed by atoms with Gasteiger partial charge in [0, 0.05) is 16.7 Å². The van der Waals surface area contributed by atoms with Gasteiger partial charge < -0.3 is 15.3 Å². The zero-order valence-electron chi connectivity index (χ0n) is 16.1. The van der Waals surface area contributed by atoms with Crippen LogP contribution in [0, 0.1) is 28.6 Å². The van der Waals surface area contributed by atoms with Crippen LogP contribution in [0.4, 0.5) is 0 Å². The van der Waals surface area contributed by atoms with Crippen LogP contribution >= 0.6 is 0 Å². The Bertz CT molecular complexity index is 868. The minimum absolute atomic E-state index is 0.0129. The van der Waals surface area contributed by atoms with E-state index in [1.54, 1.807) is 19.1 Å². The summed E-state index contributed by atoms with van der Waals surface area (Å²) in [6, 6.07) is 0. The number of carboxylic acids is 1. The lowest BCUT2D eigenvalue weighted by molar-refractivity contribution is -0.179. The third-order valence-electron chi connectivity index (χ3n) is 8.21. The van der Waals surface area contributed by atoms with Crippen molar-refractivity contribution >= 4 is 17.5 Å². The molecule has 0 radical (unpaired) electrons. The number of aliphatic hydroxyl groups excluding tert-OH is 1. The van der Waals surface area contributed by atoms with Crippen molar-refractivity contribution in [2.24, 2.45) is 28.6 Å². The molecule has 0 aromatic carbocycles. The van der Waals surface area contributed by atoms with Crippen LogP contribution in [0.1, 0.15) is 39.5 Å². The van der Waals surface area contributed by atoms with Crippen LogP contribution in [0.25, 0.3) is 0 Å². The zero-order chi connectivity index (χ0) is 20.6. The van der Waals surface area contributed by atoms with Crippen molar-refractivity contribution in [2.45, 2.75) is 51.2 Å². The Morgan fingerprint density at radius 2 is 1.96 bits per heavy atom. The first-order valence-corrected chi connectivity index (χ1v) is 9.77. The van der Waals surface area contributed by atoms with E-state index < -0.39 is 34.3 Å². The van der Waals surface area contributed by atoms with Gasteiger partial charge in [0.2, 0.25) is 0 Å². The van der Waals surface area contributed by atoms with E-state index in [0.717, 1.165) is 12.0 Å². The lowest BCUT2D eigenvalue weighted by atomic mass is 9.46. The lowest BCUT2D eigenvalue weighted by Gasteiger charge is -2.59. The van der Waals surface area contributed by atoms with E-state index >= 15 is 0 Å². The van der Waals surface area contributed by atoms with Gasteiger partial charge in [-0.15, -0.1) is 0 Å². The second-order valence-corrected chi connectivity index (χ2v) is 9.36. The number of Topliss-reactive ketones (excluding diaryl/α,β-unsaturated/α-hetero) is 1. The molecule has 28 heavy (non-hydrogen) atoms. The number of carboxylic acid groups (broad SMARTS) is 1. The van der Waals surface area contributed by atoms with Gasteiger partial charge in [0.25, 0.3) is 5.78 Å². The summed E-state index contributed by atoms with van der Waals surface area (Å²) in [5, 5.41) is 31.7. The maximum Gasteiger partial charge on any atom is 0.375 e. The quantitative estimate of drug-likeness (QED) is 0.493. The summed E-state index contributed by atoms with van der Waals surface area (Å²) >= 11 is 0. The molecule has 3 fully saturated rings. The molecular formula is C22H26O6. The first-order chi connectivity index (χ1) is 13.0.